The summed E-state index contributed by atoms with van der Waals surface area (Å²) in [6, 6.07) is 7.75. The summed E-state index contributed by atoms with van der Waals surface area (Å²) < 4.78 is 31.6. The van der Waals surface area contributed by atoms with Crippen LogP contribution in [-0.2, 0) is 10.0 Å². The van der Waals surface area contributed by atoms with Crippen molar-refractivity contribution in [3.05, 3.63) is 53.0 Å². The Kier molecular flexibility index (Phi) is 3.67. The molecular formula is C14H15NO4S. The van der Waals surface area contributed by atoms with E-state index >= 15 is 0 Å². The second kappa shape index (κ2) is 5.13. The van der Waals surface area contributed by atoms with Crippen LogP contribution >= 0.6 is 0 Å². The van der Waals surface area contributed by atoms with E-state index in [-0.39, 0.29) is 10.5 Å². The fourth-order valence-corrected chi connectivity index (χ4v) is 2.94. The molecule has 0 bridgehead atoms. The summed E-state index contributed by atoms with van der Waals surface area (Å²) in [5, 5.41) is 0. The van der Waals surface area contributed by atoms with Gasteiger partial charge in [-0.1, -0.05) is 18.2 Å². The predicted molar refractivity (Wildman–Crippen MR) is 74.0 cm³/mol. The Morgan fingerprint density at radius 3 is 2.15 bits per heavy atom. The summed E-state index contributed by atoms with van der Waals surface area (Å²) in [4.78, 5) is 12.2. The van der Waals surface area contributed by atoms with Gasteiger partial charge in [0.15, 0.2) is 0 Å². The number of furan rings is 1. The third-order valence-corrected chi connectivity index (χ3v) is 4.42. The van der Waals surface area contributed by atoms with Crippen LogP contribution in [0.2, 0.25) is 0 Å². The molecule has 1 heterocycles. The highest BCUT2D eigenvalue weighted by molar-refractivity contribution is 7.90. The standard InChI is InChI=1S/C14H15NO4S/c1-9-10(2)19-11(3)13(9)14(16)15-20(17,18)12-7-5-4-6-8-12/h4-8H,1-3H3,(H,15,16). The van der Waals surface area contributed by atoms with Crippen LogP contribution in [-0.4, -0.2) is 14.3 Å². The molecule has 0 saturated carbocycles. The largest absolute Gasteiger partial charge is 0.466 e. The normalized spacial score (nSPS) is 11.3. The van der Waals surface area contributed by atoms with Crippen LogP contribution in [0.25, 0.3) is 0 Å². The zero-order valence-electron chi connectivity index (χ0n) is 11.4. The minimum absolute atomic E-state index is 0.0453. The molecule has 5 nitrogen and oxygen atoms in total. The van der Waals surface area contributed by atoms with Gasteiger partial charge in [-0.3, -0.25) is 4.79 Å². The summed E-state index contributed by atoms with van der Waals surface area (Å²) in [5.74, 6) is 0.325. The van der Waals surface area contributed by atoms with Crippen molar-refractivity contribution in [1.82, 2.24) is 4.72 Å². The smallest absolute Gasteiger partial charge is 0.268 e. The first kappa shape index (κ1) is 14.3. The molecule has 20 heavy (non-hydrogen) atoms. The topological polar surface area (TPSA) is 76.4 Å². The maximum absolute atomic E-state index is 12.1. The molecule has 0 aliphatic rings. The van der Waals surface area contributed by atoms with E-state index in [1.807, 2.05) is 0 Å². The fraction of sp³-hybridized carbons (Fsp3) is 0.214. The minimum atomic E-state index is -3.87. The number of hydrogen-bond donors (Lipinski definition) is 1. The lowest BCUT2D eigenvalue weighted by Crippen LogP contribution is -2.31. The first-order chi connectivity index (χ1) is 9.33. The Balaban J connectivity index is 2.33. The molecule has 106 valence electrons. The third-order valence-electron chi connectivity index (χ3n) is 3.07. The fourth-order valence-electron chi connectivity index (χ4n) is 1.96. The highest BCUT2D eigenvalue weighted by atomic mass is 32.2. The highest BCUT2D eigenvalue weighted by Crippen LogP contribution is 2.21. The van der Waals surface area contributed by atoms with Crippen molar-refractivity contribution in [2.24, 2.45) is 0 Å². The number of aryl methyl sites for hydroxylation is 2. The van der Waals surface area contributed by atoms with E-state index in [1.165, 1.54) is 12.1 Å². The Bertz CT molecular complexity index is 745. The number of nitrogens with one attached hydrogen (secondary N) is 1. The number of sulfonamides is 1. The van der Waals surface area contributed by atoms with Crippen molar-refractivity contribution in [2.75, 3.05) is 0 Å². The lowest BCUT2D eigenvalue weighted by Gasteiger charge is -2.06. The summed E-state index contributed by atoms with van der Waals surface area (Å²) in [7, 11) is -3.87. The van der Waals surface area contributed by atoms with Crippen molar-refractivity contribution in [1.29, 1.82) is 0 Å². The van der Waals surface area contributed by atoms with Crippen LogP contribution < -0.4 is 4.72 Å². The molecule has 1 aromatic heterocycles. The van der Waals surface area contributed by atoms with Gasteiger partial charge in [-0.15, -0.1) is 0 Å². The van der Waals surface area contributed by atoms with E-state index in [9.17, 15) is 13.2 Å². The molecule has 0 fully saturated rings. The maximum Gasteiger partial charge on any atom is 0.268 e. The molecule has 1 amide bonds. The maximum atomic E-state index is 12.1. The van der Waals surface area contributed by atoms with E-state index in [0.717, 1.165) is 0 Å². The van der Waals surface area contributed by atoms with E-state index < -0.39 is 15.9 Å². The van der Waals surface area contributed by atoms with Crippen molar-refractivity contribution >= 4 is 15.9 Å². The van der Waals surface area contributed by atoms with Crippen LogP contribution in [0.1, 0.15) is 27.4 Å². The molecule has 0 saturated heterocycles. The summed E-state index contributed by atoms with van der Waals surface area (Å²) >= 11 is 0. The van der Waals surface area contributed by atoms with E-state index in [2.05, 4.69) is 4.72 Å². The van der Waals surface area contributed by atoms with Crippen molar-refractivity contribution in [2.45, 2.75) is 25.7 Å². The van der Waals surface area contributed by atoms with Gasteiger partial charge in [-0.25, -0.2) is 13.1 Å². The van der Waals surface area contributed by atoms with Gasteiger partial charge in [-0.2, -0.15) is 0 Å². The molecule has 0 radical (unpaired) electrons. The van der Waals surface area contributed by atoms with Crippen molar-refractivity contribution in [3.8, 4) is 0 Å². The molecule has 2 aromatic rings. The van der Waals surface area contributed by atoms with Crippen LogP contribution in [0, 0.1) is 20.8 Å². The van der Waals surface area contributed by atoms with Crippen molar-refractivity contribution < 1.29 is 17.6 Å². The molecule has 0 atom stereocenters. The van der Waals surface area contributed by atoms with Crippen LogP contribution in [0.3, 0.4) is 0 Å². The molecule has 0 aliphatic heterocycles. The average Bonchev–Trinajstić information content (AvgIpc) is 2.63. The van der Waals surface area contributed by atoms with E-state index in [1.54, 1.807) is 39.0 Å². The van der Waals surface area contributed by atoms with E-state index in [4.69, 9.17) is 4.42 Å². The molecule has 6 heteroatoms. The van der Waals surface area contributed by atoms with Gasteiger partial charge in [0.1, 0.15) is 11.5 Å². The Morgan fingerprint density at radius 1 is 1.05 bits per heavy atom. The quantitative estimate of drug-likeness (QED) is 0.942. The molecular weight excluding hydrogens is 278 g/mol. The lowest BCUT2D eigenvalue weighted by molar-refractivity contribution is 0.0979. The molecule has 2 rings (SSSR count). The summed E-state index contributed by atoms with van der Waals surface area (Å²) in [6.45, 7) is 5.07. The molecule has 1 aromatic carbocycles. The van der Waals surface area contributed by atoms with Crippen molar-refractivity contribution in [3.63, 3.8) is 0 Å². The predicted octanol–water partition coefficient (Wildman–Crippen LogP) is 2.32. The van der Waals surface area contributed by atoms with Gasteiger partial charge >= 0.3 is 0 Å². The second-order valence-electron chi connectivity index (χ2n) is 4.46. The number of rotatable bonds is 3. The first-order valence-electron chi connectivity index (χ1n) is 6.01. The Hall–Kier alpha value is -2.08. The van der Waals surface area contributed by atoms with Crippen LogP contribution in [0.5, 0.6) is 0 Å². The number of benzene rings is 1. The summed E-state index contributed by atoms with van der Waals surface area (Å²) in [6.07, 6.45) is 0. The van der Waals surface area contributed by atoms with Crippen LogP contribution in [0.15, 0.2) is 39.6 Å². The van der Waals surface area contributed by atoms with Gasteiger partial charge in [0.05, 0.1) is 10.5 Å². The number of hydrogen-bond acceptors (Lipinski definition) is 4. The number of amides is 1. The zero-order valence-corrected chi connectivity index (χ0v) is 12.2. The van der Waals surface area contributed by atoms with Gasteiger partial charge in [-0.05, 0) is 32.9 Å². The number of carbonyl (C=O) groups excluding carboxylic acids is 1. The third kappa shape index (κ3) is 2.60. The Morgan fingerprint density at radius 2 is 1.65 bits per heavy atom. The zero-order chi connectivity index (χ0) is 14.9. The molecule has 0 unspecified atom stereocenters. The summed E-state index contributed by atoms with van der Waals surface area (Å²) in [5.41, 5.74) is 0.908. The Labute approximate surface area is 117 Å². The van der Waals surface area contributed by atoms with Gasteiger partial charge < -0.3 is 4.42 Å². The SMILES string of the molecule is Cc1oc(C)c(C(=O)NS(=O)(=O)c2ccccc2)c1C. The average molecular weight is 293 g/mol. The molecule has 0 aliphatic carbocycles. The number of carbonyl (C=O) groups is 1. The van der Waals surface area contributed by atoms with Gasteiger partial charge in [0.25, 0.3) is 15.9 Å². The van der Waals surface area contributed by atoms with E-state index in [0.29, 0.717) is 17.1 Å². The monoisotopic (exact) mass is 293 g/mol. The molecule has 1 N–H and O–H groups in total. The highest BCUT2D eigenvalue weighted by Gasteiger charge is 2.23. The molecule has 0 spiro atoms. The van der Waals surface area contributed by atoms with Gasteiger partial charge in [0, 0.05) is 5.56 Å². The minimum Gasteiger partial charge on any atom is -0.466 e. The van der Waals surface area contributed by atoms with Gasteiger partial charge in [0.2, 0.25) is 0 Å². The van der Waals surface area contributed by atoms with Crippen LogP contribution in [0.4, 0.5) is 0 Å². The second-order valence-corrected chi connectivity index (χ2v) is 6.14. The lowest BCUT2D eigenvalue weighted by atomic mass is 10.1. The first-order valence-corrected chi connectivity index (χ1v) is 7.50.